The van der Waals surface area contributed by atoms with Crippen LogP contribution in [0.15, 0.2) is 0 Å². The van der Waals surface area contributed by atoms with Gasteiger partial charge in [-0.05, 0) is 0 Å². The Morgan fingerprint density at radius 2 is 1.70 bits per heavy atom. The second kappa shape index (κ2) is 3.65. The van der Waals surface area contributed by atoms with Gasteiger partial charge < -0.3 is 25.5 Å². The van der Waals surface area contributed by atoms with Crippen LogP contribution in [0.4, 0.5) is 0 Å². The van der Waals surface area contributed by atoms with Crippen LogP contribution < -0.4 is 0 Å². The summed E-state index contributed by atoms with van der Waals surface area (Å²) in [5, 5.41) is 15.9. The number of carboxylic acids is 1. The number of aliphatic carboxylic acids is 1. The Hall–Kier alpha value is -0.460. The summed E-state index contributed by atoms with van der Waals surface area (Å²) in [6, 6.07) is 0. The Kier molecular flexibility index (Phi) is 4.46. The molecule has 0 saturated heterocycles. The fourth-order valence-corrected chi connectivity index (χ4v) is 0.432. The van der Waals surface area contributed by atoms with Gasteiger partial charge in [-0.15, -0.1) is 0 Å². The molecule has 62 valence electrons. The first-order valence-electron chi connectivity index (χ1n) is 1.82. The van der Waals surface area contributed by atoms with E-state index in [-0.39, 0.29) is 5.48 Å². The normalized spacial score (nSPS) is 13.5. The zero-order valence-electron chi connectivity index (χ0n) is 4.63. The van der Waals surface area contributed by atoms with Crippen molar-refractivity contribution in [1.82, 2.24) is 0 Å². The predicted molar refractivity (Wildman–Crippen MR) is 29.3 cm³/mol. The van der Waals surface area contributed by atoms with Crippen molar-refractivity contribution in [3.05, 3.63) is 0 Å². The van der Waals surface area contributed by atoms with Gasteiger partial charge in [0.2, 0.25) is 0 Å². The third-order valence-electron chi connectivity index (χ3n) is 0.539. The topological polar surface area (TPSA) is 147 Å². The summed E-state index contributed by atoms with van der Waals surface area (Å²) < 4.78 is 9.84. The van der Waals surface area contributed by atoms with E-state index < -0.39 is 19.4 Å². The molecule has 1 unspecified atom stereocenters. The maximum atomic E-state index is 9.84. The van der Waals surface area contributed by atoms with Gasteiger partial charge in [0.15, 0.2) is 0 Å². The Bertz CT molecular complexity index is 157. The minimum Gasteiger partial charge on any atom is -0.479 e. The average Bonchev–Trinajstić information content (AvgIpc) is 1.62. The molecule has 7 nitrogen and oxygen atoms in total. The smallest absolute Gasteiger partial charge is 0.365 e. The molecular formula is C2H7O7P. The summed E-state index contributed by atoms with van der Waals surface area (Å²) in [4.78, 5) is 25.5. The fraction of sp³-hybridized carbons (Fsp3) is 0.500. The van der Waals surface area contributed by atoms with Crippen LogP contribution >= 0.6 is 7.60 Å². The zero-order chi connectivity index (χ0) is 7.65. The number of carboxylic acid groups (broad SMARTS) is 1. The molecule has 0 bridgehead atoms. The maximum Gasteiger partial charge on any atom is 0.365 e. The molecule has 0 amide bonds. The molecule has 1 atom stereocenters. The zero-order valence-corrected chi connectivity index (χ0v) is 5.52. The first kappa shape index (κ1) is 12.2. The van der Waals surface area contributed by atoms with E-state index in [1.54, 1.807) is 0 Å². The van der Waals surface area contributed by atoms with Crippen molar-refractivity contribution < 1.29 is 34.8 Å². The van der Waals surface area contributed by atoms with Crippen molar-refractivity contribution in [2.75, 3.05) is 0 Å². The largest absolute Gasteiger partial charge is 0.479 e. The summed E-state index contributed by atoms with van der Waals surface area (Å²) in [7, 11) is -4.86. The Balaban J connectivity index is 0. The van der Waals surface area contributed by atoms with Gasteiger partial charge in [-0.3, -0.25) is 4.57 Å². The van der Waals surface area contributed by atoms with Gasteiger partial charge in [0, 0.05) is 0 Å². The van der Waals surface area contributed by atoms with Gasteiger partial charge in [-0.1, -0.05) is 0 Å². The fourth-order valence-electron chi connectivity index (χ4n) is 0.144. The van der Waals surface area contributed by atoms with Gasteiger partial charge >= 0.3 is 13.6 Å². The summed E-state index contributed by atoms with van der Waals surface area (Å²) in [5.74, 6) is -4.53. The number of hydrogen-bond donors (Lipinski definition) is 4. The average molecular weight is 174 g/mol. The summed E-state index contributed by atoms with van der Waals surface area (Å²) >= 11 is 0. The molecule has 6 N–H and O–H groups in total. The molecule has 0 rings (SSSR count). The van der Waals surface area contributed by atoms with E-state index >= 15 is 0 Å². The Morgan fingerprint density at radius 3 is 1.70 bits per heavy atom. The van der Waals surface area contributed by atoms with Crippen molar-refractivity contribution >= 4 is 13.6 Å². The molecule has 0 aromatic carbocycles. The highest BCUT2D eigenvalue weighted by Crippen LogP contribution is 2.39. The lowest BCUT2D eigenvalue weighted by Crippen LogP contribution is -2.18. The van der Waals surface area contributed by atoms with Crippen molar-refractivity contribution in [3.63, 3.8) is 0 Å². The van der Waals surface area contributed by atoms with Crippen LogP contribution in [-0.4, -0.2) is 37.3 Å². The molecule has 0 aliphatic heterocycles. The number of aliphatic hydroxyl groups is 1. The highest BCUT2D eigenvalue weighted by molar-refractivity contribution is 7.53. The quantitative estimate of drug-likeness (QED) is 0.347. The molecule has 0 aliphatic carbocycles. The van der Waals surface area contributed by atoms with E-state index in [1.807, 2.05) is 0 Å². The lowest BCUT2D eigenvalue weighted by atomic mass is 10.7. The number of aliphatic hydroxyl groups excluding tert-OH is 1. The van der Waals surface area contributed by atoms with Crippen molar-refractivity contribution in [2.24, 2.45) is 0 Å². The Labute approximate surface area is 55.4 Å². The van der Waals surface area contributed by atoms with Crippen molar-refractivity contribution in [1.29, 1.82) is 0 Å². The molecule has 0 spiro atoms. The highest BCUT2D eigenvalue weighted by atomic mass is 31.2. The highest BCUT2D eigenvalue weighted by Gasteiger charge is 2.32. The van der Waals surface area contributed by atoms with E-state index in [0.717, 1.165) is 0 Å². The van der Waals surface area contributed by atoms with E-state index in [9.17, 15) is 9.36 Å². The van der Waals surface area contributed by atoms with Crippen LogP contribution in [0.25, 0.3) is 0 Å². The molecule has 0 fully saturated rings. The molecule has 0 aromatic heterocycles. The van der Waals surface area contributed by atoms with Crippen molar-refractivity contribution in [2.45, 2.75) is 5.85 Å². The summed E-state index contributed by atoms with van der Waals surface area (Å²) in [6.07, 6.45) is 0. The summed E-state index contributed by atoms with van der Waals surface area (Å²) in [5.41, 5.74) is 0. The van der Waals surface area contributed by atoms with Gasteiger partial charge in [0.05, 0.1) is 0 Å². The SMILES string of the molecule is O.O=C(O)C(O)P(=O)(O)O. The Morgan fingerprint density at radius 1 is 1.40 bits per heavy atom. The van der Waals surface area contributed by atoms with Gasteiger partial charge in [0.25, 0.3) is 5.85 Å². The molecule has 10 heavy (non-hydrogen) atoms. The van der Waals surface area contributed by atoms with Gasteiger partial charge in [0.1, 0.15) is 0 Å². The van der Waals surface area contributed by atoms with Crippen LogP contribution in [0.5, 0.6) is 0 Å². The third-order valence-corrected chi connectivity index (χ3v) is 1.40. The monoisotopic (exact) mass is 174 g/mol. The first-order valence-corrected chi connectivity index (χ1v) is 3.50. The number of hydrogen-bond acceptors (Lipinski definition) is 3. The molecule has 0 aromatic rings. The first-order chi connectivity index (χ1) is 3.85. The third kappa shape index (κ3) is 3.54. The molecule has 0 heterocycles. The van der Waals surface area contributed by atoms with Crippen LogP contribution in [0.3, 0.4) is 0 Å². The molecule has 0 radical (unpaired) electrons. The summed E-state index contributed by atoms with van der Waals surface area (Å²) in [6.45, 7) is 0. The number of carbonyl (C=O) groups is 1. The predicted octanol–water partition coefficient (Wildman–Crippen LogP) is -2.26. The maximum absolute atomic E-state index is 9.84. The van der Waals surface area contributed by atoms with E-state index in [0.29, 0.717) is 0 Å². The van der Waals surface area contributed by atoms with Gasteiger partial charge in [-0.2, -0.15) is 0 Å². The molecule has 0 saturated carbocycles. The van der Waals surface area contributed by atoms with Gasteiger partial charge in [-0.25, -0.2) is 4.79 Å². The molecule has 0 aliphatic rings. The van der Waals surface area contributed by atoms with Crippen LogP contribution in [0.1, 0.15) is 0 Å². The van der Waals surface area contributed by atoms with Crippen LogP contribution in [0, 0.1) is 0 Å². The minimum absolute atomic E-state index is 0. The second-order valence-electron chi connectivity index (χ2n) is 1.30. The minimum atomic E-state index is -4.86. The lowest BCUT2D eigenvalue weighted by molar-refractivity contribution is -0.143. The number of rotatable bonds is 2. The van der Waals surface area contributed by atoms with E-state index in [2.05, 4.69) is 0 Å². The van der Waals surface area contributed by atoms with Crippen LogP contribution in [0.2, 0.25) is 0 Å². The second-order valence-corrected chi connectivity index (χ2v) is 2.97. The molecular weight excluding hydrogens is 167 g/mol. The standard InChI is InChI=1S/C2H5O6P.H2O/c3-1(4)2(5)9(6,7)8;/h2,5H,(H,3,4)(H2,6,7,8);1H2. The van der Waals surface area contributed by atoms with E-state index in [4.69, 9.17) is 20.0 Å². The lowest BCUT2D eigenvalue weighted by Gasteiger charge is -2.05. The van der Waals surface area contributed by atoms with E-state index in [1.165, 1.54) is 0 Å². The molecule has 8 heteroatoms. The van der Waals surface area contributed by atoms with Crippen LogP contribution in [-0.2, 0) is 9.36 Å². The van der Waals surface area contributed by atoms with Crippen molar-refractivity contribution in [3.8, 4) is 0 Å².